The standard InChI is InChI=1S/C14H15N3O2/c1-2-3-10-4-6-11(7-5-10)17-13-12(14(18)19)8-15-9-16-13/h4-9H,2-3H2,1H3,(H,18,19)(H,15,16,17). The van der Waals surface area contributed by atoms with E-state index in [-0.39, 0.29) is 5.56 Å². The van der Waals surface area contributed by atoms with Crippen molar-refractivity contribution in [1.82, 2.24) is 9.97 Å². The lowest BCUT2D eigenvalue weighted by Gasteiger charge is -2.08. The quantitative estimate of drug-likeness (QED) is 0.861. The Morgan fingerprint density at radius 2 is 2.05 bits per heavy atom. The zero-order valence-electron chi connectivity index (χ0n) is 10.6. The van der Waals surface area contributed by atoms with Crippen molar-refractivity contribution < 1.29 is 9.90 Å². The Hall–Kier alpha value is -2.43. The Balaban J connectivity index is 2.19. The number of rotatable bonds is 5. The number of hydrogen-bond donors (Lipinski definition) is 2. The van der Waals surface area contributed by atoms with E-state index in [0.717, 1.165) is 18.5 Å². The maximum absolute atomic E-state index is 11.0. The zero-order chi connectivity index (χ0) is 13.7. The largest absolute Gasteiger partial charge is 0.477 e. The summed E-state index contributed by atoms with van der Waals surface area (Å²) >= 11 is 0. The van der Waals surface area contributed by atoms with Gasteiger partial charge in [-0.25, -0.2) is 14.8 Å². The average molecular weight is 257 g/mol. The highest BCUT2D eigenvalue weighted by atomic mass is 16.4. The molecule has 98 valence electrons. The van der Waals surface area contributed by atoms with Crippen LogP contribution < -0.4 is 5.32 Å². The molecule has 0 unspecified atom stereocenters. The summed E-state index contributed by atoms with van der Waals surface area (Å²) in [5.74, 6) is -0.753. The summed E-state index contributed by atoms with van der Waals surface area (Å²) in [7, 11) is 0. The lowest BCUT2D eigenvalue weighted by Crippen LogP contribution is -2.05. The molecular formula is C14H15N3O2. The maximum atomic E-state index is 11.0. The molecule has 0 aliphatic heterocycles. The van der Waals surface area contributed by atoms with Gasteiger partial charge in [0.25, 0.3) is 0 Å². The molecule has 19 heavy (non-hydrogen) atoms. The van der Waals surface area contributed by atoms with E-state index < -0.39 is 5.97 Å². The van der Waals surface area contributed by atoms with Crippen molar-refractivity contribution in [2.24, 2.45) is 0 Å². The van der Waals surface area contributed by atoms with Gasteiger partial charge in [0.05, 0.1) is 0 Å². The van der Waals surface area contributed by atoms with E-state index in [9.17, 15) is 4.79 Å². The molecule has 0 fully saturated rings. The van der Waals surface area contributed by atoms with Gasteiger partial charge in [0, 0.05) is 11.9 Å². The van der Waals surface area contributed by atoms with Gasteiger partial charge in [-0.3, -0.25) is 0 Å². The molecule has 0 bridgehead atoms. The van der Waals surface area contributed by atoms with Gasteiger partial charge in [0.1, 0.15) is 17.7 Å². The smallest absolute Gasteiger partial charge is 0.341 e. The van der Waals surface area contributed by atoms with Crippen molar-refractivity contribution in [2.45, 2.75) is 19.8 Å². The van der Waals surface area contributed by atoms with Crippen LogP contribution in [-0.2, 0) is 6.42 Å². The monoisotopic (exact) mass is 257 g/mol. The number of nitrogens with zero attached hydrogens (tertiary/aromatic N) is 2. The molecule has 5 heteroatoms. The summed E-state index contributed by atoms with van der Waals surface area (Å²) in [6, 6.07) is 7.87. The average Bonchev–Trinajstić information content (AvgIpc) is 2.42. The molecule has 0 saturated carbocycles. The number of nitrogens with one attached hydrogen (secondary N) is 1. The minimum Gasteiger partial charge on any atom is -0.477 e. The van der Waals surface area contributed by atoms with Crippen LogP contribution in [0.3, 0.4) is 0 Å². The summed E-state index contributed by atoms with van der Waals surface area (Å²) < 4.78 is 0. The Morgan fingerprint density at radius 3 is 2.68 bits per heavy atom. The number of carbonyl (C=O) groups is 1. The zero-order valence-corrected chi connectivity index (χ0v) is 10.6. The molecule has 0 aliphatic rings. The number of hydrogen-bond acceptors (Lipinski definition) is 4. The fourth-order valence-electron chi connectivity index (χ4n) is 1.77. The van der Waals surface area contributed by atoms with Crippen molar-refractivity contribution >= 4 is 17.5 Å². The van der Waals surface area contributed by atoms with Crippen molar-refractivity contribution in [3.63, 3.8) is 0 Å². The molecule has 0 radical (unpaired) electrons. The predicted octanol–water partition coefficient (Wildman–Crippen LogP) is 2.87. The van der Waals surface area contributed by atoms with Gasteiger partial charge < -0.3 is 10.4 Å². The first-order chi connectivity index (χ1) is 9.20. The molecule has 0 amide bonds. The lowest BCUT2D eigenvalue weighted by molar-refractivity contribution is 0.0697. The van der Waals surface area contributed by atoms with Gasteiger partial charge in [-0.1, -0.05) is 25.5 Å². The van der Waals surface area contributed by atoms with Crippen LogP contribution in [-0.4, -0.2) is 21.0 Å². The molecule has 0 saturated heterocycles. The second-order valence-electron chi connectivity index (χ2n) is 4.16. The maximum Gasteiger partial charge on any atom is 0.341 e. The third-order valence-electron chi connectivity index (χ3n) is 2.70. The first kappa shape index (κ1) is 13.0. The van der Waals surface area contributed by atoms with Gasteiger partial charge in [0.2, 0.25) is 0 Å². The lowest BCUT2D eigenvalue weighted by atomic mass is 10.1. The molecule has 5 nitrogen and oxygen atoms in total. The highest BCUT2D eigenvalue weighted by molar-refractivity contribution is 5.93. The number of anilines is 2. The number of benzene rings is 1. The van der Waals surface area contributed by atoms with E-state index in [0.29, 0.717) is 5.82 Å². The van der Waals surface area contributed by atoms with Gasteiger partial charge in [-0.05, 0) is 24.1 Å². The van der Waals surface area contributed by atoms with E-state index >= 15 is 0 Å². The number of carboxylic acids is 1. The molecule has 1 aromatic heterocycles. The Morgan fingerprint density at radius 1 is 1.32 bits per heavy atom. The van der Waals surface area contributed by atoms with Crippen LogP contribution in [0.4, 0.5) is 11.5 Å². The number of aromatic nitrogens is 2. The van der Waals surface area contributed by atoms with Gasteiger partial charge >= 0.3 is 5.97 Å². The van der Waals surface area contributed by atoms with Gasteiger partial charge in [0.15, 0.2) is 0 Å². The van der Waals surface area contributed by atoms with Crippen molar-refractivity contribution in [3.8, 4) is 0 Å². The van der Waals surface area contributed by atoms with Crippen LogP contribution in [0.15, 0.2) is 36.8 Å². The van der Waals surface area contributed by atoms with E-state index in [1.807, 2.05) is 24.3 Å². The minimum absolute atomic E-state index is 0.0557. The van der Waals surface area contributed by atoms with Crippen LogP contribution in [0.25, 0.3) is 0 Å². The van der Waals surface area contributed by atoms with E-state index in [2.05, 4.69) is 22.2 Å². The fourth-order valence-corrected chi connectivity index (χ4v) is 1.77. The van der Waals surface area contributed by atoms with Crippen molar-refractivity contribution in [2.75, 3.05) is 5.32 Å². The van der Waals surface area contributed by atoms with Gasteiger partial charge in [-0.15, -0.1) is 0 Å². The number of aromatic carboxylic acids is 1. The summed E-state index contributed by atoms with van der Waals surface area (Å²) in [5, 5.41) is 12.0. The summed E-state index contributed by atoms with van der Waals surface area (Å²) in [4.78, 5) is 18.7. The van der Waals surface area contributed by atoms with Crippen LogP contribution in [0.2, 0.25) is 0 Å². The molecule has 0 spiro atoms. The topological polar surface area (TPSA) is 75.1 Å². The second-order valence-corrected chi connectivity index (χ2v) is 4.16. The summed E-state index contributed by atoms with van der Waals surface area (Å²) in [6.45, 7) is 2.13. The molecular weight excluding hydrogens is 242 g/mol. The third-order valence-corrected chi connectivity index (χ3v) is 2.70. The van der Waals surface area contributed by atoms with Crippen LogP contribution >= 0.6 is 0 Å². The first-order valence-corrected chi connectivity index (χ1v) is 6.10. The predicted molar refractivity (Wildman–Crippen MR) is 72.7 cm³/mol. The normalized spacial score (nSPS) is 10.2. The second kappa shape index (κ2) is 5.95. The summed E-state index contributed by atoms with van der Waals surface area (Å²) in [5.41, 5.74) is 2.12. The fraction of sp³-hybridized carbons (Fsp3) is 0.214. The molecule has 2 rings (SSSR count). The van der Waals surface area contributed by atoms with E-state index in [1.165, 1.54) is 18.1 Å². The highest BCUT2D eigenvalue weighted by Crippen LogP contribution is 2.18. The Labute approximate surface area is 111 Å². The third kappa shape index (κ3) is 3.28. The SMILES string of the molecule is CCCc1ccc(Nc2ncncc2C(=O)O)cc1. The van der Waals surface area contributed by atoms with Crippen LogP contribution in [0.5, 0.6) is 0 Å². The van der Waals surface area contributed by atoms with E-state index in [4.69, 9.17) is 5.11 Å². The number of aryl methyl sites for hydroxylation is 1. The molecule has 2 N–H and O–H groups in total. The summed E-state index contributed by atoms with van der Waals surface area (Å²) in [6.07, 6.45) is 4.74. The first-order valence-electron chi connectivity index (χ1n) is 6.10. The molecule has 2 aromatic rings. The molecule has 0 aliphatic carbocycles. The molecule has 0 atom stereocenters. The number of carboxylic acid groups (broad SMARTS) is 1. The van der Waals surface area contributed by atoms with Crippen LogP contribution in [0, 0.1) is 0 Å². The van der Waals surface area contributed by atoms with Gasteiger partial charge in [-0.2, -0.15) is 0 Å². The van der Waals surface area contributed by atoms with E-state index in [1.54, 1.807) is 0 Å². The highest BCUT2D eigenvalue weighted by Gasteiger charge is 2.11. The van der Waals surface area contributed by atoms with Crippen molar-refractivity contribution in [3.05, 3.63) is 47.9 Å². The Kier molecular flexibility index (Phi) is 4.07. The molecule has 1 aromatic carbocycles. The van der Waals surface area contributed by atoms with Crippen molar-refractivity contribution in [1.29, 1.82) is 0 Å². The Bertz CT molecular complexity index is 567. The minimum atomic E-state index is -1.05. The molecule has 1 heterocycles. The van der Waals surface area contributed by atoms with Crippen LogP contribution in [0.1, 0.15) is 29.3 Å².